The molecule has 0 saturated carbocycles. The van der Waals surface area contributed by atoms with Crippen molar-refractivity contribution in [1.82, 2.24) is 0 Å². The van der Waals surface area contributed by atoms with Crippen molar-refractivity contribution < 1.29 is 80.2 Å². The minimum atomic E-state index is -4.96. The first-order valence-electron chi connectivity index (χ1n) is 42.7. The monoisotopic (exact) mass is 1490 g/mol. The standard InChI is InChI=1S/C83H162O17P2/c1-9-76(8)62-54-46-41-42-48-56-64-81(86)94-70-79(100-83(88)66-58-50-40-34-28-22-25-31-37-45-53-61-75(6)7)72-98-102(91,92)96-68-77(84)67-95-101(89,90)97-71-78(69-93-80(85)63-55-47-38-32-26-20-17-16-19-24-30-36-44-52-60-74(4)5)99-82(87)65-57-49-39-33-27-21-15-13-11-10-12-14-18-23-29-35-43-51-59-73(2)3/h73-79,84H,9-72H2,1-8H3,(H,89,90)(H,91,92)/t76?,77-,78-,79-/m1/s1. The number of unbranched alkanes of at least 4 members (excludes halogenated alkanes) is 45. The van der Waals surface area contributed by atoms with Crippen LogP contribution in [0.15, 0.2) is 0 Å². The molecule has 0 aliphatic carbocycles. The molecule has 0 aliphatic rings. The molecule has 0 spiro atoms. The van der Waals surface area contributed by atoms with Crippen LogP contribution in [0.5, 0.6) is 0 Å². The number of phosphoric acid groups is 2. The Balaban J connectivity index is 5.23. The lowest BCUT2D eigenvalue weighted by Crippen LogP contribution is -2.30. The summed E-state index contributed by atoms with van der Waals surface area (Å²) in [5, 5.41) is 10.7. The van der Waals surface area contributed by atoms with Crippen LogP contribution in [-0.2, 0) is 65.4 Å². The summed E-state index contributed by atoms with van der Waals surface area (Å²) >= 11 is 0. The van der Waals surface area contributed by atoms with Gasteiger partial charge in [-0.3, -0.25) is 37.3 Å². The SMILES string of the molecule is CCC(C)CCCCCCCCC(=O)OC[C@H](COP(=O)(O)OC[C@H](O)COP(=O)(O)OC[C@@H](COC(=O)CCCCCCCCCCCCCCCCC(C)C)OC(=O)CCCCCCCCCCCCCCCCCCCCC(C)C)OC(=O)CCCCCCCCCCCCCC(C)C. The average Bonchev–Trinajstić information content (AvgIpc) is 0.910. The Morgan fingerprint density at radius 3 is 0.696 bits per heavy atom. The van der Waals surface area contributed by atoms with E-state index in [2.05, 4.69) is 55.4 Å². The smallest absolute Gasteiger partial charge is 0.462 e. The molecule has 0 saturated heterocycles. The van der Waals surface area contributed by atoms with Crippen molar-refractivity contribution in [3.8, 4) is 0 Å². The maximum Gasteiger partial charge on any atom is 0.472 e. The first kappa shape index (κ1) is 100. The van der Waals surface area contributed by atoms with E-state index in [1.807, 2.05) is 0 Å². The van der Waals surface area contributed by atoms with Gasteiger partial charge in [0, 0.05) is 25.7 Å². The Morgan fingerprint density at radius 1 is 0.275 bits per heavy atom. The predicted octanol–water partition coefficient (Wildman–Crippen LogP) is 24.8. The Hall–Kier alpha value is -1.94. The number of phosphoric ester groups is 2. The fourth-order valence-corrected chi connectivity index (χ4v) is 14.3. The van der Waals surface area contributed by atoms with Crippen LogP contribution < -0.4 is 0 Å². The van der Waals surface area contributed by atoms with Gasteiger partial charge in [0.1, 0.15) is 19.3 Å². The molecule has 0 aromatic carbocycles. The maximum absolute atomic E-state index is 13.1. The van der Waals surface area contributed by atoms with Crippen molar-refractivity contribution in [1.29, 1.82) is 0 Å². The van der Waals surface area contributed by atoms with Crippen LogP contribution in [0.4, 0.5) is 0 Å². The molecular formula is C83H162O17P2. The number of aliphatic hydroxyl groups is 1. The van der Waals surface area contributed by atoms with Crippen LogP contribution in [0.3, 0.4) is 0 Å². The summed E-state index contributed by atoms with van der Waals surface area (Å²) in [4.78, 5) is 73.1. The van der Waals surface area contributed by atoms with Gasteiger partial charge in [0.2, 0.25) is 0 Å². The highest BCUT2D eigenvalue weighted by atomic mass is 31.2. The third-order valence-electron chi connectivity index (χ3n) is 19.7. The van der Waals surface area contributed by atoms with E-state index in [9.17, 15) is 43.2 Å². The van der Waals surface area contributed by atoms with Gasteiger partial charge < -0.3 is 33.8 Å². The van der Waals surface area contributed by atoms with Crippen LogP contribution >= 0.6 is 15.6 Å². The highest BCUT2D eigenvalue weighted by Crippen LogP contribution is 2.45. The summed E-state index contributed by atoms with van der Waals surface area (Å²) in [5.41, 5.74) is 0. The van der Waals surface area contributed by atoms with Crippen LogP contribution in [0, 0.1) is 23.7 Å². The lowest BCUT2D eigenvalue weighted by Gasteiger charge is -2.21. The Morgan fingerprint density at radius 2 is 0.471 bits per heavy atom. The van der Waals surface area contributed by atoms with Gasteiger partial charge >= 0.3 is 39.5 Å². The quantitative estimate of drug-likeness (QED) is 0.0222. The molecule has 0 heterocycles. The normalized spacial score (nSPS) is 14.3. The second-order valence-corrected chi connectivity index (χ2v) is 34.4. The predicted molar refractivity (Wildman–Crippen MR) is 418 cm³/mol. The zero-order valence-electron chi connectivity index (χ0n) is 67.2. The number of carbonyl (C=O) groups is 4. The minimum Gasteiger partial charge on any atom is -0.462 e. The highest BCUT2D eigenvalue weighted by Gasteiger charge is 2.30. The van der Waals surface area contributed by atoms with Crippen LogP contribution in [-0.4, -0.2) is 96.7 Å². The van der Waals surface area contributed by atoms with Crippen LogP contribution in [0.1, 0.15) is 428 Å². The molecule has 0 rings (SSSR count). The van der Waals surface area contributed by atoms with Crippen molar-refractivity contribution in [3.63, 3.8) is 0 Å². The van der Waals surface area contributed by atoms with Gasteiger partial charge in [-0.05, 0) is 49.4 Å². The van der Waals surface area contributed by atoms with E-state index in [0.29, 0.717) is 25.7 Å². The third kappa shape index (κ3) is 74.9. The zero-order valence-corrected chi connectivity index (χ0v) is 69.0. The second-order valence-electron chi connectivity index (χ2n) is 31.5. The molecule has 0 aromatic heterocycles. The number of carbonyl (C=O) groups excluding carboxylic acids is 4. The van der Waals surface area contributed by atoms with E-state index in [-0.39, 0.29) is 25.7 Å². The van der Waals surface area contributed by atoms with Gasteiger partial charge in [-0.1, -0.05) is 376 Å². The molecule has 3 unspecified atom stereocenters. The molecule has 0 amide bonds. The summed E-state index contributed by atoms with van der Waals surface area (Å²) < 4.78 is 68.8. The van der Waals surface area contributed by atoms with E-state index in [0.717, 1.165) is 120 Å². The average molecular weight is 1490 g/mol. The molecule has 0 radical (unpaired) electrons. The molecule has 6 atom stereocenters. The lowest BCUT2D eigenvalue weighted by molar-refractivity contribution is -0.161. The Kier molecular flexibility index (Phi) is 70.6. The van der Waals surface area contributed by atoms with E-state index in [1.165, 1.54) is 225 Å². The molecule has 19 heteroatoms. The van der Waals surface area contributed by atoms with Gasteiger partial charge in [0.25, 0.3) is 0 Å². The van der Waals surface area contributed by atoms with Crippen molar-refractivity contribution >= 4 is 39.5 Å². The largest absolute Gasteiger partial charge is 0.472 e. The molecule has 0 fully saturated rings. The Bertz CT molecular complexity index is 1990. The number of hydrogen-bond acceptors (Lipinski definition) is 15. The van der Waals surface area contributed by atoms with Gasteiger partial charge in [-0.2, -0.15) is 0 Å². The highest BCUT2D eigenvalue weighted by molar-refractivity contribution is 7.47. The molecule has 3 N–H and O–H groups in total. The molecule has 17 nitrogen and oxygen atoms in total. The molecule has 0 aromatic rings. The fraction of sp³-hybridized carbons (Fsp3) is 0.952. The first-order valence-corrected chi connectivity index (χ1v) is 45.7. The van der Waals surface area contributed by atoms with Gasteiger partial charge in [-0.25, -0.2) is 9.13 Å². The number of aliphatic hydroxyl groups excluding tert-OH is 1. The number of hydrogen-bond donors (Lipinski definition) is 3. The molecular weight excluding hydrogens is 1330 g/mol. The van der Waals surface area contributed by atoms with Gasteiger partial charge in [-0.15, -0.1) is 0 Å². The number of ether oxygens (including phenoxy) is 4. The lowest BCUT2D eigenvalue weighted by atomic mass is 10.00. The minimum absolute atomic E-state index is 0.105. The van der Waals surface area contributed by atoms with E-state index in [4.69, 9.17) is 37.0 Å². The third-order valence-corrected chi connectivity index (χ3v) is 21.6. The zero-order chi connectivity index (χ0) is 75.3. The number of rotatable bonds is 80. The summed E-state index contributed by atoms with van der Waals surface area (Å²) in [6.07, 6.45) is 59.7. The molecule has 102 heavy (non-hydrogen) atoms. The fourth-order valence-electron chi connectivity index (χ4n) is 12.8. The van der Waals surface area contributed by atoms with E-state index < -0.39 is 97.5 Å². The van der Waals surface area contributed by atoms with Crippen LogP contribution in [0.25, 0.3) is 0 Å². The second kappa shape index (κ2) is 72.0. The molecule has 606 valence electrons. The summed E-state index contributed by atoms with van der Waals surface area (Å²) in [5.74, 6) is 1.00. The van der Waals surface area contributed by atoms with Gasteiger partial charge in [0.05, 0.1) is 26.4 Å². The van der Waals surface area contributed by atoms with Gasteiger partial charge in [0.15, 0.2) is 12.2 Å². The van der Waals surface area contributed by atoms with Crippen LogP contribution in [0.2, 0.25) is 0 Å². The number of esters is 4. The Labute approximate surface area is 626 Å². The van der Waals surface area contributed by atoms with Crippen molar-refractivity contribution in [2.75, 3.05) is 39.6 Å². The first-order chi connectivity index (χ1) is 49.1. The molecule has 0 aliphatic heterocycles. The molecule has 0 bridgehead atoms. The maximum atomic E-state index is 13.1. The summed E-state index contributed by atoms with van der Waals surface area (Å²) in [7, 11) is -9.92. The van der Waals surface area contributed by atoms with Crippen molar-refractivity contribution in [2.45, 2.75) is 446 Å². The van der Waals surface area contributed by atoms with Crippen molar-refractivity contribution in [2.24, 2.45) is 23.7 Å². The summed E-state index contributed by atoms with van der Waals surface area (Å²) in [6, 6.07) is 0. The van der Waals surface area contributed by atoms with E-state index >= 15 is 0 Å². The van der Waals surface area contributed by atoms with E-state index in [1.54, 1.807) is 0 Å². The van der Waals surface area contributed by atoms with Crippen molar-refractivity contribution in [3.05, 3.63) is 0 Å². The summed E-state index contributed by atoms with van der Waals surface area (Å²) in [6.45, 7) is 14.3. The topological polar surface area (TPSA) is 237 Å².